The molecule has 2 atom stereocenters. The molecule has 2 saturated heterocycles. The second kappa shape index (κ2) is 9.06. The lowest BCUT2D eigenvalue weighted by Crippen LogP contribution is -2.64. The van der Waals surface area contributed by atoms with Gasteiger partial charge in [0, 0.05) is 51.9 Å². The van der Waals surface area contributed by atoms with Crippen LogP contribution in [0.5, 0.6) is 0 Å². The molecule has 2 aromatic rings. The Hall–Kier alpha value is -3.46. The lowest BCUT2D eigenvalue weighted by atomic mass is 10.1. The maximum atomic E-state index is 14.1. The highest BCUT2D eigenvalue weighted by molar-refractivity contribution is 6.03. The van der Waals surface area contributed by atoms with Gasteiger partial charge in [0.15, 0.2) is 18.2 Å². The molecule has 2 unspecified atom stereocenters. The van der Waals surface area contributed by atoms with Crippen LogP contribution in [0.25, 0.3) is 0 Å². The number of nitrogens with one attached hydrogen (secondary N) is 1. The summed E-state index contributed by atoms with van der Waals surface area (Å²) in [7, 11) is 1.67. The number of likely N-dealkylation sites (N-methyl/N-ethyl adjacent to an activating group) is 1. The summed E-state index contributed by atoms with van der Waals surface area (Å²) < 4.78 is 14.1. The lowest BCUT2D eigenvalue weighted by molar-refractivity contribution is -0.127. The Kier molecular flexibility index (Phi) is 5.95. The maximum absolute atomic E-state index is 14.1. The van der Waals surface area contributed by atoms with E-state index in [-0.39, 0.29) is 11.7 Å². The monoisotopic (exact) mass is 464 g/mol. The summed E-state index contributed by atoms with van der Waals surface area (Å²) in [5.74, 6) is 0.233. The van der Waals surface area contributed by atoms with Crippen LogP contribution in [0.2, 0.25) is 0 Å². The summed E-state index contributed by atoms with van der Waals surface area (Å²) in [5, 5.41) is 2.46. The highest BCUT2D eigenvalue weighted by Gasteiger charge is 2.49. The number of imide groups is 1. The SMILES string of the molecule is Cc1ccccc1CN1C(N2CCN(Cc3ccccc3F)CC2)=NC2C1C(=O)NC(=O)N2C. The summed E-state index contributed by atoms with van der Waals surface area (Å²) in [6.07, 6.45) is -0.559. The van der Waals surface area contributed by atoms with Crippen molar-refractivity contribution in [2.75, 3.05) is 33.2 Å². The molecule has 8 nitrogen and oxygen atoms in total. The topological polar surface area (TPSA) is 71.5 Å². The molecule has 5 rings (SSSR count). The molecule has 0 spiro atoms. The van der Waals surface area contributed by atoms with E-state index in [1.54, 1.807) is 13.1 Å². The molecule has 3 heterocycles. The standard InChI is InChI=1S/C25H29FN6O2/c1-17-7-3-4-8-18(17)16-32-21-22(29(2)25(34)28-23(21)33)27-24(32)31-13-11-30(12-14-31)15-19-9-5-6-10-20(19)26/h3-10,21-22H,11-16H2,1-2H3,(H,28,33,34). The molecule has 2 fully saturated rings. The van der Waals surface area contributed by atoms with Gasteiger partial charge >= 0.3 is 6.03 Å². The Morgan fingerprint density at radius 2 is 1.65 bits per heavy atom. The van der Waals surface area contributed by atoms with Crippen LogP contribution in [0.15, 0.2) is 53.5 Å². The van der Waals surface area contributed by atoms with E-state index in [1.165, 1.54) is 11.0 Å². The van der Waals surface area contributed by atoms with Crippen molar-refractivity contribution < 1.29 is 14.0 Å². The number of urea groups is 1. The summed E-state index contributed by atoms with van der Waals surface area (Å²) in [6.45, 7) is 6.05. The average molecular weight is 465 g/mol. The van der Waals surface area contributed by atoms with E-state index < -0.39 is 18.2 Å². The van der Waals surface area contributed by atoms with Crippen molar-refractivity contribution in [3.05, 3.63) is 71.0 Å². The zero-order chi connectivity index (χ0) is 23.8. The number of hydrogen-bond donors (Lipinski definition) is 1. The first kappa shape index (κ1) is 22.3. The fourth-order valence-electron chi connectivity index (χ4n) is 4.89. The van der Waals surface area contributed by atoms with Gasteiger partial charge in [-0.25, -0.2) is 14.2 Å². The number of carbonyl (C=O) groups excluding carboxylic acids is 2. The van der Waals surface area contributed by atoms with E-state index in [2.05, 4.69) is 34.2 Å². The van der Waals surface area contributed by atoms with Gasteiger partial charge in [-0.05, 0) is 24.1 Å². The molecular formula is C25H29FN6O2. The van der Waals surface area contributed by atoms with Gasteiger partial charge in [-0.3, -0.25) is 15.0 Å². The van der Waals surface area contributed by atoms with Crippen LogP contribution in [0.4, 0.5) is 9.18 Å². The van der Waals surface area contributed by atoms with Crippen molar-refractivity contribution in [2.24, 2.45) is 4.99 Å². The van der Waals surface area contributed by atoms with Gasteiger partial charge in [-0.1, -0.05) is 42.5 Å². The summed E-state index contributed by atoms with van der Waals surface area (Å²) >= 11 is 0. The molecule has 0 bridgehead atoms. The Labute approximate surface area is 198 Å². The van der Waals surface area contributed by atoms with Gasteiger partial charge in [-0.2, -0.15) is 0 Å². The number of aryl methyl sites for hydroxylation is 1. The predicted molar refractivity (Wildman–Crippen MR) is 126 cm³/mol. The van der Waals surface area contributed by atoms with Crippen LogP contribution < -0.4 is 5.32 Å². The van der Waals surface area contributed by atoms with Gasteiger partial charge in [-0.15, -0.1) is 0 Å². The normalized spacial score (nSPS) is 23.1. The molecule has 0 aromatic heterocycles. The molecule has 3 amide bonds. The number of aliphatic imine (C=N–C) groups is 1. The van der Waals surface area contributed by atoms with E-state index >= 15 is 0 Å². The number of halogens is 1. The third kappa shape index (κ3) is 4.11. The van der Waals surface area contributed by atoms with E-state index in [4.69, 9.17) is 4.99 Å². The first-order valence-electron chi connectivity index (χ1n) is 11.6. The predicted octanol–water partition coefficient (Wildman–Crippen LogP) is 2.00. The van der Waals surface area contributed by atoms with Crippen LogP contribution in [0, 0.1) is 12.7 Å². The molecule has 178 valence electrons. The van der Waals surface area contributed by atoms with Gasteiger partial charge in [0.25, 0.3) is 5.91 Å². The Morgan fingerprint density at radius 3 is 2.35 bits per heavy atom. The Balaban J connectivity index is 1.36. The lowest BCUT2D eigenvalue weighted by Gasteiger charge is -2.40. The molecule has 1 N–H and O–H groups in total. The first-order chi connectivity index (χ1) is 16.4. The summed E-state index contributed by atoms with van der Waals surface area (Å²) in [4.78, 5) is 38.0. The van der Waals surface area contributed by atoms with E-state index in [1.807, 2.05) is 29.2 Å². The molecule has 3 aliphatic rings. The van der Waals surface area contributed by atoms with E-state index in [0.717, 1.165) is 30.2 Å². The highest BCUT2D eigenvalue weighted by atomic mass is 19.1. The number of nitrogens with zero attached hydrogens (tertiary/aromatic N) is 5. The largest absolute Gasteiger partial charge is 0.340 e. The van der Waals surface area contributed by atoms with Crippen LogP contribution in [-0.2, 0) is 17.9 Å². The Bertz CT molecular complexity index is 1130. The third-order valence-corrected chi connectivity index (χ3v) is 6.95. The van der Waals surface area contributed by atoms with Crippen LogP contribution in [0.1, 0.15) is 16.7 Å². The zero-order valence-electron chi connectivity index (χ0n) is 19.4. The number of carbonyl (C=O) groups is 2. The fourth-order valence-corrected chi connectivity index (χ4v) is 4.89. The van der Waals surface area contributed by atoms with Gasteiger partial charge in [0.2, 0.25) is 0 Å². The second-order valence-corrected chi connectivity index (χ2v) is 9.10. The second-order valence-electron chi connectivity index (χ2n) is 9.10. The van der Waals surface area contributed by atoms with Gasteiger partial charge < -0.3 is 14.7 Å². The average Bonchev–Trinajstić information content (AvgIpc) is 3.21. The molecule has 2 aromatic carbocycles. The number of guanidine groups is 1. The number of benzene rings is 2. The number of piperazine rings is 1. The fraction of sp³-hybridized carbons (Fsp3) is 0.400. The molecule has 34 heavy (non-hydrogen) atoms. The molecule has 0 saturated carbocycles. The van der Waals surface area contributed by atoms with Crippen LogP contribution >= 0.6 is 0 Å². The number of amides is 3. The molecule has 0 aliphatic carbocycles. The minimum atomic E-state index is -0.575. The minimum absolute atomic E-state index is 0.183. The highest BCUT2D eigenvalue weighted by Crippen LogP contribution is 2.28. The van der Waals surface area contributed by atoms with Gasteiger partial charge in [0.05, 0.1) is 0 Å². The van der Waals surface area contributed by atoms with Crippen molar-refractivity contribution in [1.82, 2.24) is 24.9 Å². The van der Waals surface area contributed by atoms with Crippen LogP contribution in [0.3, 0.4) is 0 Å². The minimum Gasteiger partial charge on any atom is -0.340 e. The van der Waals surface area contributed by atoms with Crippen LogP contribution in [-0.4, -0.2) is 82.9 Å². The first-order valence-corrected chi connectivity index (χ1v) is 11.6. The summed E-state index contributed by atoms with van der Waals surface area (Å²) in [6, 6.07) is 14.0. The molecule has 0 radical (unpaired) electrons. The quantitative estimate of drug-likeness (QED) is 0.750. The number of rotatable bonds is 4. The number of hydrogen-bond acceptors (Lipinski definition) is 6. The maximum Gasteiger partial charge on any atom is 0.325 e. The van der Waals surface area contributed by atoms with E-state index in [9.17, 15) is 14.0 Å². The zero-order valence-corrected chi connectivity index (χ0v) is 19.4. The summed E-state index contributed by atoms with van der Waals surface area (Å²) in [5.41, 5.74) is 2.94. The van der Waals surface area contributed by atoms with Crippen molar-refractivity contribution >= 4 is 17.9 Å². The molecule has 3 aliphatic heterocycles. The molecule has 9 heteroatoms. The Morgan fingerprint density at radius 1 is 0.971 bits per heavy atom. The van der Waals surface area contributed by atoms with Crippen molar-refractivity contribution in [2.45, 2.75) is 32.2 Å². The number of fused-ring (bicyclic) bond motifs is 1. The van der Waals surface area contributed by atoms with Crippen molar-refractivity contribution in [3.8, 4) is 0 Å². The smallest absolute Gasteiger partial charge is 0.325 e. The van der Waals surface area contributed by atoms with Gasteiger partial charge in [0.1, 0.15) is 5.82 Å². The third-order valence-electron chi connectivity index (χ3n) is 6.95. The van der Waals surface area contributed by atoms with E-state index in [0.29, 0.717) is 31.7 Å². The molecular weight excluding hydrogens is 435 g/mol. The van der Waals surface area contributed by atoms with Crippen molar-refractivity contribution in [3.63, 3.8) is 0 Å². The van der Waals surface area contributed by atoms with Crippen molar-refractivity contribution in [1.29, 1.82) is 0 Å².